The number of likely N-dealkylation sites (N-methyl/N-ethyl adjacent to an activating group) is 1. The van der Waals surface area contributed by atoms with E-state index in [-0.39, 0.29) is 36.6 Å². The molecule has 7 nitrogen and oxygen atoms in total. The zero-order valence-electron chi connectivity index (χ0n) is 15.0. The maximum Gasteiger partial charge on any atom is 0.270 e. The van der Waals surface area contributed by atoms with Crippen LogP contribution in [0.1, 0.15) is 17.4 Å². The summed E-state index contributed by atoms with van der Waals surface area (Å²) in [6.07, 6.45) is 0. The van der Waals surface area contributed by atoms with Crippen molar-refractivity contribution >= 4 is 28.6 Å². The van der Waals surface area contributed by atoms with Crippen molar-refractivity contribution in [2.45, 2.75) is 13.0 Å². The molecule has 1 fully saturated rings. The molecule has 1 saturated heterocycles. The SMILES string of the molecule is CNC(=O)C1CN(C(=O)c2cc3cc(F)ccc3n2C)CCN1C(C)=O. The lowest BCUT2D eigenvalue weighted by Crippen LogP contribution is -2.61. The molecule has 2 heterocycles. The Balaban J connectivity index is 1.89. The van der Waals surface area contributed by atoms with Crippen molar-refractivity contribution in [3.05, 3.63) is 35.8 Å². The van der Waals surface area contributed by atoms with E-state index in [1.807, 2.05) is 0 Å². The van der Waals surface area contributed by atoms with E-state index < -0.39 is 6.04 Å². The van der Waals surface area contributed by atoms with Crippen LogP contribution >= 0.6 is 0 Å². The highest BCUT2D eigenvalue weighted by Gasteiger charge is 2.36. The summed E-state index contributed by atoms with van der Waals surface area (Å²) in [6, 6.07) is 5.29. The Labute approximate surface area is 150 Å². The van der Waals surface area contributed by atoms with Crippen LogP contribution in [0.2, 0.25) is 0 Å². The number of aromatic nitrogens is 1. The van der Waals surface area contributed by atoms with E-state index in [0.717, 1.165) is 5.52 Å². The van der Waals surface area contributed by atoms with Crippen LogP contribution in [-0.2, 0) is 16.6 Å². The number of fused-ring (bicyclic) bond motifs is 1. The summed E-state index contributed by atoms with van der Waals surface area (Å²) in [4.78, 5) is 39.9. The van der Waals surface area contributed by atoms with E-state index in [1.165, 1.54) is 31.0 Å². The molecule has 1 aromatic carbocycles. The molecule has 3 amide bonds. The van der Waals surface area contributed by atoms with Gasteiger partial charge in [0.05, 0.1) is 6.54 Å². The Morgan fingerprint density at radius 1 is 1.19 bits per heavy atom. The Morgan fingerprint density at radius 2 is 1.92 bits per heavy atom. The smallest absolute Gasteiger partial charge is 0.270 e. The number of hydrogen-bond acceptors (Lipinski definition) is 3. The number of halogens is 1. The molecule has 3 rings (SSSR count). The first kappa shape index (κ1) is 17.9. The maximum atomic E-state index is 13.4. The van der Waals surface area contributed by atoms with Gasteiger partial charge in [-0.1, -0.05) is 0 Å². The second-order valence-corrected chi connectivity index (χ2v) is 6.39. The van der Waals surface area contributed by atoms with Gasteiger partial charge in [-0.25, -0.2) is 4.39 Å². The number of nitrogens with one attached hydrogen (secondary N) is 1. The zero-order valence-corrected chi connectivity index (χ0v) is 15.0. The van der Waals surface area contributed by atoms with Crippen LogP contribution in [0.3, 0.4) is 0 Å². The van der Waals surface area contributed by atoms with Crippen LogP contribution in [0.4, 0.5) is 4.39 Å². The number of nitrogens with zero attached hydrogens (tertiary/aromatic N) is 3. The third-order valence-electron chi connectivity index (χ3n) is 4.84. The van der Waals surface area contributed by atoms with Crippen molar-refractivity contribution in [2.24, 2.45) is 7.05 Å². The van der Waals surface area contributed by atoms with E-state index in [2.05, 4.69) is 5.32 Å². The highest BCUT2D eigenvalue weighted by atomic mass is 19.1. The van der Waals surface area contributed by atoms with E-state index in [0.29, 0.717) is 17.6 Å². The lowest BCUT2D eigenvalue weighted by molar-refractivity contribution is -0.141. The molecular formula is C18H21FN4O3. The van der Waals surface area contributed by atoms with Crippen LogP contribution in [0.25, 0.3) is 10.9 Å². The Hall–Kier alpha value is -2.90. The minimum absolute atomic E-state index is 0.119. The molecule has 1 unspecified atom stereocenters. The molecule has 0 aliphatic carbocycles. The number of aryl methyl sites for hydroxylation is 1. The second-order valence-electron chi connectivity index (χ2n) is 6.39. The van der Waals surface area contributed by atoms with Crippen molar-refractivity contribution in [1.29, 1.82) is 0 Å². The molecule has 2 aromatic rings. The zero-order chi connectivity index (χ0) is 19.0. The molecule has 1 aromatic heterocycles. The number of benzene rings is 1. The Kier molecular flexibility index (Phi) is 4.67. The van der Waals surface area contributed by atoms with Gasteiger partial charge in [0.25, 0.3) is 5.91 Å². The number of hydrogen-bond donors (Lipinski definition) is 1. The van der Waals surface area contributed by atoms with Crippen LogP contribution in [0.5, 0.6) is 0 Å². The molecular weight excluding hydrogens is 339 g/mol. The number of carbonyl (C=O) groups is 3. The standard InChI is InChI=1S/C18H21FN4O3/c1-11(24)23-7-6-22(10-16(23)17(25)20-2)18(26)15-9-12-8-13(19)4-5-14(12)21(15)3/h4-5,8-9,16H,6-7,10H2,1-3H3,(H,20,25). The van der Waals surface area contributed by atoms with Crippen LogP contribution < -0.4 is 5.32 Å². The lowest BCUT2D eigenvalue weighted by atomic mass is 10.1. The summed E-state index contributed by atoms with van der Waals surface area (Å²) in [6.45, 7) is 2.15. The predicted octanol–water partition coefficient (Wildman–Crippen LogP) is 0.736. The van der Waals surface area contributed by atoms with Gasteiger partial charge in [0.15, 0.2) is 0 Å². The predicted molar refractivity (Wildman–Crippen MR) is 94.0 cm³/mol. The minimum atomic E-state index is -0.720. The number of piperazine rings is 1. The van der Waals surface area contributed by atoms with Gasteiger partial charge in [0.1, 0.15) is 17.6 Å². The topological polar surface area (TPSA) is 74.7 Å². The summed E-state index contributed by atoms with van der Waals surface area (Å²) in [5.74, 6) is -1.12. The van der Waals surface area contributed by atoms with Gasteiger partial charge in [-0.05, 0) is 24.3 Å². The Bertz CT molecular complexity index is 892. The summed E-state index contributed by atoms with van der Waals surface area (Å²) >= 11 is 0. The summed E-state index contributed by atoms with van der Waals surface area (Å²) in [5.41, 5.74) is 1.16. The van der Waals surface area contributed by atoms with Crippen LogP contribution in [0, 0.1) is 5.82 Å². The van der Waals surface area contributed by atoms with Gasteiger partial charge in [-0.2, -0.15) is 0 Å². The second kappa shape index (κ2) is 6.78. The number of rotatable bonds is 2. The number of carbonyl (C=O) groups excluding carboxylic acids is 3. The fraction of sp³-hybridized carbons (Fsp3) is 0.389. The molecule has 0 radical (unpaired) electrons. The first-order valence-electron chi connectivity index (χ1n) is 8.36. The third-order valence-corrected chi connectivity index (χ3v) is 4.84. The molecule has 1 atom stereocenters. The largest absolute Gasteiger partial charge is 0.357 e. The molecule has 0 saturated carbocycles. The van der Waals surface area contributed by atoms with Crippen molar-refractivity contribution in [1.82, 2.24) is 19.7 Å². The van der Waals surface area contributed by atoms with Gasteiger partial charge in [0, 0.05) is 45.0 Å². The van der Waals surface area contributed by atoms with Gasteiger partial charge >= 0.3 is 0 Å². The molecule has 8 heteroatoms. The van der Waals surface area contributed by atoms with Crippen LogP contribution in [-0.4, -0.2) is 64.8 Å². The van der Waals surface area contributed by atoms with Crippen molar-refractivity contribution in [3.8, 4) is 0 Å². The van der Waals surface area contributed by atoms with Crippen molar-refractivity contribution < 1.29 is 18.8 Å². The molecule has 1 aliphatic heterocycles. The molecule has 1 aliphatic rings. The summed E-state index contributed by atoms with van der Waals surface area (Å²) in [7, 11) is 3.25. The lowest BCUT2D eigenvalue weighted by Gasteiger charge is -2.39. The van der Waals surface area contributed by atoms with E-state index >= 15 is 0 Å². The quantitative estimate of drug-likeness (QED) is 0.858. The normalized spacial score (nSPS) is 17.5. The van der Waals surface area contributed by atoms with E-state index in [1.54, 1.807) is 28.6 Å². The fourth-order valence-corrected chi connectivity index (χ4v) is 3.42. The summed E-state index contributed by atoms with van der Waals surface area (Å²) in [5, 5.41) is 3.18. The number of amides is 3. The van der Waals surface area contributed by atoms with Gasteiger partial charge in [0.2, 0.25) is 11.8 Å². The highest BCUT2D eigenvalue weighted by molar-refractivity contribution is 5.99. The molecule has 1 N–H and O–H groups in total. The fourth-order valence-electron chi connectivity index (χ4n) is 3.42. The first-order valence-corrected chi connectivity index (χ1v) is 8.36. The molecule has 26 heavy (non-hydrogen) atoms. The Morgan fingerprint density at radius 3 is 2.58 bits per heavy atom. The average molecular weight is 360 g/mol. The highest BCUT2D eigenvalue weighted by Crippen LogP contribution is 2.22. The van der Waals surface area contributed by atoms with E-state index in [4.69, 9.17) is 0 Å². The van der Waals surface area contributed by atoms with Crippen molar-refractivity contribution in [2.75, 3.05) is 26.7 Å². The molecule has 138 valence electrons. The van der Waals surface area contributed by atoms with E-state index in [9.17, 15) is 18.8 Å². The average Bonchev–Trinajstić information content (AvgIpc) is 2.95. The van der Waals surface area contributed by atoms with Gasteiger partial charge in [-0.3, -0.25) is 14.4 Å². The minimum Gasteiger partial charge on any atom is -0.357 e. The monoisotopic (exact) mass is 360 g/mol. The van der Waals surface area contributed by atoms with Gasteiger partial charge in [-0.15, -0.1) is 0 Å². The first-order chi connectivity index (χ1) is 12.3. The maximum absolute atomic E-state index is 13.4. The van der Waals surface area contributed by atoms with Gasteiger partial charge < -0.3 is 19.7 Å². The third kappa shape index (κ3) is 3.02. The molecule has 0 bridgehead atoms. The summed E-state index contributed by atoms with van der Waals surface area (Å²) < 4.78 is 15.2. The van der Waals surface area contributed by atoms with Crippen molar-refractivity contribution in [3.63, 3.8) is 0 Å². The molecule has 0 spiro atoms. The van der Waals surface area contributed by atoms with Crippen LogP contribution in [0.15, 0.2) is 24.3 Å².